The third-order valence-electron chi connectivity index (χ3n) is 2.72. The van der Waals surface area contributed by atoms with Gasteiger partial charge in [0.25, 0.3) is 0 Å². The quantitative estimate of drug-likeness (QED) is 0.317. The van der Waals surface area contributed by atoms with Crippen molar-refractivity contribution in [3.05, 3.63) is 30.9 Å². The maximum atomic E-state index is 5.51. The summed E-state index contributed by atoms with van der Waals surface area (Å²) in [6.45, 7) is 7.09. The Labute approximate surface area is 137 Å². The third-order valence-corrected chi connectivity index (χ3v) is 3.69. The number of rotatable bonds is 9. The van der Waals surface area contributed by atoms with Crippen LogP contribution in [0.5, 0.6) is 11.5 Å². The second-order valence-corrected chi connectivity index (χ2v) is 5.44. The summed E-state index contributed by atoms with van der Waals surface area (Å²) in [5.74, 6) is 4.12. The Morgan fingerprint density at radius 1 is 1.41 bits per heavy atom. The Hall–Kier alpha value is -1.82. The minimum Gasteiger partial charge on any atom is -0.493 e. The number of nitrogens with zero attached hydrogens (tertiary/aromatic N) is 1. The van der Waals surface area contributed by atoms with E-state index in [0.717, 1.165) is 35.4 Å². The van der Waals surface area contributed by atoms with Gasteiger partial charge in [-0.3, -0.25) is 4.99 Å². The average Bonchev–Trinajstić information content (AvgIpc) is 2.55. The lowest BCUT2D eigenvalue weighted by atomic mass is 10.2. The van der Waals surface area contributed by atoms with E-state index in [1.807, 2.05) is 43.0 Å². The van der Waals surface area contributed by atoms with Crippen LogP contribution >= 0.6 is 11.8 Å². The maximum absolute atomic E-state index is 5.51. The summed E-state index contributed by atoms with van der Waals surface area (Å²) in [5, 5.41) is 6.50. The van der Waals surface area contributed by atoms with Gasteiger partial charge in [-0.25, -0.2) is 0 Å². The Balaban J connectivity index is 2.57. The largest absolute Gasteiger partial charge is 0.493 e. The molecule has 0 saturated carbocycles. The van der Waals surface area contributed by atoms with Gasteiger partial charge >= 0.3 is 0 Å². The molecule has 0 aromatic heterocycles. The van der Waals surface area contributed by atoms with E-state index in [1.54, 1.807) is 14.2 Å². The summed E-state index contributed by atoms with van der Waals surface area (Å²) >= 11 is 1.83. The first-order chi connectivity index (χ1) is 10.7. The van der Waals surface area contributed by atoms with Crippen LogP contribution in [0.25, 0.3) is 0 Å². The van der Waals surface area contributed by atoms with Gasteiger partial charge in [0, 0.05) is 36.9 Å². The van der Waals surface area contributed by atoms with Crippen LogP contribution in [0.4, 0.5) is 5.69 Å². The molecule has 0 amide bonds. The number of aliphatic imine (C=N–C) groups is 1. The van der Waals surface area contributed by atoms with Gasteiger partial charge in [0.2, 0.25) is 0 Å². The molecule has 0 spiro atoms. The molecule has 1 aromatic carbocycles. The van der Waals surface area contributed by atoms with Gasteiger partial charge in [0.1, 0.15) is 0 Å². The Morgan fingerprint density at radius 3 is 2.86 bits per heavy atom. The lowest BCUT2D eigenvalue weighted by Crippen LogP contribution is -2.32. The van der Waals surface area contributed by atoms with Crippen LogP contribution in [-0.2, 0) is 0 Å². The van der Waals surface area contributed by atoms with Crippen LogP contribution in [0.3, 0.4) is 0 Å². The lowest BCUT2D eigenvalue weighted by molar-refractivity contribution is 0.311. The number of anilines is 1. The summed E-state index contributed by atoms with van der Waals surface area (Å²) in [6, 6.07) is 5.72. The van der Waals surface area contributed by atoms with Crippen molar-refractivity contribution < 1.29 is 9.47 Å². The molecule has 1 aromatic rings. The molecule has 122 valence electrons. The second kappa shape index (κ2) is 10.8. The molecule has 2 N–H and O–H groups in total. The molecule has 0 aliphatic rings. The Morgan fingerprint density at radius 2 is 2.23 bits per heavy atom. The second-order valence-electron chi connectivity index (χ2n) is 4.29. The smallest absolute Gasteiger partial charge is 0.195 e. The first-order valence-electron chi connectivity index (χ1n) is 7.22. The topological polar surface area (TPSA) is 54.9 Å². The minimum absolute atomic E-state index is 0.606. The molecule has 6 heteroatoms. The highest BCUT2D eigenvalue weighted by Crippen LogP contribution is 2.30. The zero-order valence-electron chi connectivity index (χ0n) is 13.5. The fourth-order valence-corrected chi connectivity index (χ4v) is 2.32. The summed E-state index contributed by atoms with van der Waals surface area (Å²) in [4.78, 5) is 4.21. The first-order valence-corrected chi connectivity index (χ1v) is 8.37. The maximum Gasteiger partial charge on any atom is 0.195 e. The summed E-state index contributed by atoms with van der Waals surface area (Å²) < 4.78 is 10.8. The standard InChI is InChI=1S/C16H25N3O2S/c1-5-10-22-11-9-18-16(17-3)19-13-7-8-14(21-6-2)15(12-13)20-4/h5,7-8,12H,1,6,9-11H2,2-4H3,(H2,17,18,19). The van der Waals surface area contributed by atoms with Crippen LogP contribution in [-0.4, -0.2) is 44.8 Å². The normalized spacial score (nSPS) is 11.0. The fourth-order valence-electron chi connectivity index (χ4n) is 1.74. The summed E-state index contributed by atoms with van der Waals surface area (Å²) in [7, 11) is 3.38. The van der Waals surface area contributed by atoms with Crippen molar-refractivity contribution in [2.45, 2.75) is 6.92 Å². The van der Waals surface area contributed by atoms with E-state index in [9.17, 15) is 0 Å². The highest BCUT2D eigenvalue weighted by molar-refractivity contribution is 7.99. The van der Waals surface area contributed by atoms with Crippen molar-refractivity contribution in [3.8, 4) is 11.5 Å². The number of nitrogens with one attached hydrogen (secondary N) is 2. The van der Waals surface area contributed by atoms with E-state index in [2.05, 4.69) is 22.2 Å². The molecule has 1 rings (SSSR count). The number of benzene rings is 1. The number of thioether (sulfide) groups is 1. The number of hydrogen-bond donors (Lipinski definition) is 2. The predicted molar refractivity (Wildman–Crippen MR) is 96.7 cm³/mol. The molecular weight excluding hydrogens is 298 g/mol. The predicted octanol–water partition coefficient (Wildman–Crippen LogP) is 3.00. The van der Waals surface area contributed by atoms with Gasteiger partial charge in [0.05, 0.1) is 13.7 Å². The van der Waals surface area contributed by atoms with Crippen LogP contribution in [0.1, 0.15) is 6.92 Å². The van der Waals surface area contributed by atoms with Gasteiger partial charge in [-0.2, -0.15) is 11.8 Å². The van der Waals surface area contributed by atoms with Crippen molar-refractivity contribution in [1.29, 1.82) is 0 Å². The Kier molecular flexibility index (Phi) is 8.98. The number of guanidine groups is 1. The molecule has 0 atom stereocenters. The van der Waals surface area contributed by atoms with Crippen molar-refractivity contribution in [1.82, 2.24) is 5.32 Å². The average molecular weight is 323 g/mol. The van der Waals surface area contributed by atoms with Crippen LogP contribution in [0.15, 0.2) is 35.8 Å². The molecule has 0 aliphatic heterocycles. The fraction of sp³-hybridized carbons (Fsp3) is 0.438. The van der Waals surface area contributed by atoms with E-state index in [4.69, 9.17) is 9.47 Å². The molecule has 0 radical (unpaired) electrons. The number of ether oxygens (including phenoxy) is 2. The van der Waals surface area contributed by atoms with Crippen molar-refractivity contribution in [2.75, 3.05) is 44.1 Å². The number of methoxy groups -OCH3 is 1. The van der Waals surface area contributed by atoms with E-state index >= 15 is 0 Å². The molecule has 0 bridgehead atoms. The molecule has 0 heterocycles. The summed E-state index contributed by atoms with van der Waals surface area (Å²) in [5.41, 5.74) is 0.896. The van der Waals surface area contributed by atoms with Crippen molar-refractivity contribution >= 4 is 23.4 Å². The van der Waals surface area contributed by atoms with Gasteiger partial charge < -0.3 is 20.1 Å². The Bertz CT molecular complexity index is 492. The van der Waals surface area contributed by atoms with E-state index < -0.39 is 0 Å². The first kappa shape index (κ1) is 18.2. The zero-order valence-corrected chi connectivity index (χ0v) is 14.3. The SMILES string of the molecule is C=CCSCCNC(=NC)Nc1ccc(OCC)c(OC)c1. The van der Waals surface area contributed by atoms with E-state index in [1.165, 1.54) is 0 Å². The van der Waals surface area contributed by atoms with Crippen LogP contribution in [0, 0.1) is 0 Å². The third kappa shape index (κ3) is 6.30. The van der Waals surface area contributed by atoms with Crippen LogP contribution in [0.2, 0.25) is 0 Å². The molecule has 0 unspecified atom stereocenters. The molecule has 0 aliphatic carbocycles. The molecular formula is C16H25N3O2S. The van der Waals surface area contributed by atoms with Crippen molar-refractivity contribution in [3.63, 3.8) is 0 Å². The highest BCUT2D eigenvalue weighted by atomic mass is 32.2. The minimum atomic E-state index is 0.606. The van der Waals surface area contributed by atoms with E-state index in [0.29, 0.717) is 12.4 Å². The van der Waals surface area contributed by atoms with Crippen LogP contribution < -0.4 is 20.1 Å². The summed E-state index contributed by atoms with van der Waals surface area (Å²) in [6.07, 6.45) is 1.91. The van der Waals surface area contributed by atoms with Crippen molar-refractivity contribution in [2.24, 2.45) is 4.99 Å². The van der Waals surface area contributed by atoms with E-state index in [-0.39, 0.29) is 0 Å². The van der Waals surface area contributed by atoms with Gasteiger partial charge in [-0.1, -0.05) is 6.08 Å². The molecule has 0 saturated heterocycles. The van der Waals surface area contributed by atoms with Gasteiger partial charge in [0.15, 0.2) is 17.5 Å². The zero-order chi connectivity index (χ0) is 16.2. The monoisotopic (exact) mass is 323 g/mol. The molecule has 0 fully saturated rings. The highest BCUT2D eigenvalue weighted by Gasteiger charge is 2.06. The molecule has 22 heavy (non-hydrogen) atoms. The molecule has 5 nitrogen and oxygen atoms in total. The lowest BCUT2D eigenvalue weighted by Gasteiger charge is -2.14. The van der Waals surface area contributed by atoms with Gasteiger partial charge in [-0.15, -0.1) is 6.58 Å². The van der Waals surface area contributed by atoms with Gasteiger partial charge in [-0.05, 0) is 19.1 Å². The number of hydrogen-bond acceptors (Lipinski definition) is 4.